The summed E-state index contributed by atoms with van der Waals surface area (Å²) in [6.07, 6.45) is 13.7. The molecule has 0 radical (unpaired) electrons. The quantitative estimate of drug-likeness (QED) is 0.560. The van der Waals surface area contributed by atoms with Crippen LogP contribution in [0.5, 0.6) is 0 Å². The molecule has 2 fully saturated rings. The second-order valence-corrected chi connectivity index (χ2v) is 5.82. The van der Waals surface area contributed by atoms with Crippen molar-refractivity contribution in [1.29, 1.82) is 0 Å². The highest BCUT2D eigenvalue weighted by Gasteiger charge is 2.25. The number of hydrogen-bond donors (Lipinski definition) is 1. The first kappa shape index (κ1) is 11.7. The van der Waals surface area contributed by atoms with Gasteiger partial charge >= 0.3 is 0 Å². The fourth-order valence-corrected chi connectivity index (χ4v) is 3.38. The highest BCUT2D eigenvalue weighted by atomic mass is 35.5. The third-order valence-electron chi connectivity index (χ3n) is 3.99. The lowest BCUT2D eigenvalue weighted by molar-refractivity contribution is 0.325. The fraction of sp³-hybridized carbons (Fsp3) is 1.00. The number of halogens is 1. The molecule has 0 aliphatic heterocycles. The molecule has 1 nitrogen and oxygen atoms in total. The lowest BCUT2D eigenvalue weighted by Crippen LogP contribution is -2.44. The second kappa shape index (κ2) is 6.10. The molecule has 0 bridgehead atoms. The molecule has 0 aromatic heterocycles. The molecule has 15 heavy (non-hydrogen) atoms. The summed E-state index contributed by atoms with van der Waals surface area (Å²) in [6, 6.07) is 1.36. The smallest absolute Gasteiger partial charge is 0.0489 e. The Morgan fingerprint density at radius 3 is 2.00 bits per heavy atom. The predicted octanol–water partition coefficient (Wildman–Crippen LogP) is 3.85. The highest BCUT2D eigenvalue weighted by molar-refractivity contribution is 6.21. The van der Waals surface area contributed by atoms with E-state index in [0.29, 0.717) is 11.4 Å². The maximum atomic E-state index is 6.38. The molecule has 2 saturated carbocycles. The molecule has 2 heteroatoms. The van der Waals surface area contributed by atoms with E-state index >= 15 is 0 Å². The first-order valence-electron chi connectivity index (χ1n) is 6.76. The van der Waals surface area contributed by atoms with Crippen molar-refractivity contribution in [2.75, 3.05) is 0 Å². The predicted molar refractivity (Wildman–Crippen MR) is 66.5 cm³/mol. The van der Waals surface area contributed by atoms with Crippen molar-refractivity contribution in [1.82, 2.24) is 5.32 Å². The van der Waals surface area contributed by atoms with Crippen LogP contribution in [0.1, 0.15) is 64.2 Å². The number of rotatable bonds is 2. The van der Waals surface area contributed by atoms with Crippen molar-refractivity contribution < 1.29 is 0 Å². The number of nitrogens with one attached hydrogen (secondary N) is 1. The maximum absolute atomic E-state index is 6.38. The Labute approximate surface area is 99.0 Å². The molecular formula is C13H24ClN. The van der Waals surface area contributed by atoms with Crippen LogP contribution in [0.25, 0.3) is 0 Å². The summed E-state index contributed by atoms with van der Waals surface area (Å²) in [7, 11) is 0. The Morgan fingerprint density at radius 1 is 0.733 bits per heavy atom. The van der Waals surface area contributed by atoms with E-state index in [4.69, 9.17) is 11.6 Å². The van der Waals surface area contributed by atoms with Crippen LogP contribution in [-0.4, -0.2) is 17.5 Å². The lowest BCUT2D eigenvalue weighted by Gasteiger charge is -2.31. The van der Waals surface area contributed by atoms with E-state index in [-0.39, 0.29) is 0 Å². The third-order valence-corrected chi connectivity index (χ3v) is 4.51. The van der Waals surface area contributed by atoms with Crippen LogP contribution >= 0.6 is 11.6 Å². The van der Waals surface area contributed by atoms with Gasteiger partial charge in [-0.15, -0.1) is 11.6 Å². The minimum Gasteiger partial charge on any atom is -0.310 e. The van der Waals surface area contributed by atoms with Crippen LogP contribution in [-0.2, 0) is 0 Å². The van der Waals surface area contributed by atoms with Gasteiger partial charge in [0.2, 0.25) is 0 Å². The van der Waals surface area contributed by atoms with Gasteiger partial charge in [0, 0.05) is 17.5 Å². The molecule has 2 unspecified atom stereocenters. The Bertz CT molecular complexity index is 175. The standard InChI is InChI=1S/C13H24ClN/c14-12-9-5-6-10-13(12)15-11-7-3-1-2-4-8-11/h11-13,15H,1-10H2. The van der Waals surface area contributed by atoms with Crippen LogP contribution in [0.2, 0.25) is 0 Å². The zero-order valence-electron chi connectivity index (χ0n) is 9.68. The summed E-state index contributed by atoms with van der Waals surface area (Å²) in [5, 5.41) is 4.21. The molecule has 0 amide bonds. The van der Waals surface area contributed by atoms with E-state index in [0.717, 1.165) is 6.04 Å². The minimum atomic E-state index is 0.391. The van der Waals surface area contributed by atoms with Crippen molar-refractivity contribution in [2.24, 2.45) is 0 Å². The number of hydrogen-bond acceptors (Lipinski definition) is 1. The summed E-state index contributed by atoms with van der Waals surface area (Å²) in [6.45, 7) is 0. The summed E-state index contributed by atoms with van der Waals surface area (Å²) < 4.78 is 0. The minimum absolute atomic E-state index is 0.391. The van der Waals surface area contributed by atoms with Crippen LogP contribution < -0.4 is 5.32 Å². The summed E-state index contributed by atoms with van der Waals surface area (Å²) in [5.41, 5.74) is 0. The molecule has 2 atom stereocenters. The van der Waals surface area contributed by atoms with E-state index in [1.807, 2.05) is 0 Å². The van der Waals surface area contributed by atoms with Gasteiger partial charge < -0.3 is 5.32 Å². The lowest BCUT2D eigenvalue weighted by atomic mass is 9.93. The van der Waals surface area contributed by atoms with Gasteiger partial charge in [-0.1, -0.05) is 38.5 Å². The van der Waals surface area contributed by atoms with Crippen molar-refractivity contribution in [3.05, 3.63) is 0 Å². The molecule has 2 rings (SSSR count). The van der Waals surface area contributed by atoms with Crippen LogP contribution in [0.15, 0.2) is 0 Å². The molecule has 2 aliphatic carbocycles. The number of alkyl halides is 1. The van der Waals surface area contributed by atoms with E-state index in [1.165, 1.54) is 64.2 Å². The summed E-state index contributed by atoms with van der Waals surface area (Å²) in [4.78, 5) is 0. The van der Waals surface area contributed by atoms with Gasteiger partial charge in [0.05, 0.1) is 0 Å². The van der Waals surface area contributed by atoms with E-state index in [2.05, 4.69) is 5.32 Å². The summed E-state index contributed by atoms with van der Waals surface area (Å²) >= 11 is 6.38. The largest absolute Gasteiger partial charge is 0.310 e. The van der Waals surface area contributed by atoms with Crippen molar-refractivity contribution in [3.63, 3.8) is 0 Å². The normalized spacial score (nSPS) is 35.0. The Morgan fingerprint density at radius 2 is 1.33 bits per heavy atom. The van der Waals surface area contributed by atoms with Crippen LogP contribution in [0, 0.1) is 0 Å². The SMILES string of the molecule is ClC1CCCCC1NC1CCCCCC1. The van der Waals surface area contributed by atoms with E-state index < -0.39 is 0 Å². The fourth-order valence-electron chi connectivity index (χ4n) is 3.02. The zero-order valence-corrected chi connectivity index (χ0v) is 10.4. The first-order valence-corrected chi connectivity index (χ1v) is 7.20. The molecule has 2 aliphatic rings. The molecule has 88 valence electrons. The van der Waals surface area contributed by atoms with E-state index in [9.17, 15) is 0 Å². The van der Waals surface area contributed by atoms with Gasteiger partial charge in [0.1, 0.15) is 0 Å². The van der Waals surface area contributed by atoms with Gasteiger partial charge in [0.25, 0.3) is 0 Å². The molecule has 1 N–H and O–H groups in total. The first-order chi connectivity index (χ1) is 7.36. The van der Waals surface area contributed by atoms with E-state index in [1.54, 1.807) is 0 Å². The van der Waals surface area contributed by atoms with Crippen LogP contribution in [0.3, 0.4) is 0 Å². The molecule has 0 heterocycles. The molecular weight excluding hydrogens is 206 g/mol. The maximum Gasteiger partial charge on any atom is 0.0489 e. The van der Waals surface area contributed by atoms with Gasteiger partial charge in [0.15, 0.2) is 0 Å². The molecule has 0 spiro atoms. The average molecular weight is 230 g/mol. The average Bonchev–Trinajstić information content (AvgIpc) is 2.50. The van der Waals surface area contributed by atoms with Crippen molar-refractivity contribution in [2.45, 2.75) is 81.7 Å². The van der Waals surface area contributed by atoms with Gasteiger partial charge in [-0.05, 0) is 25.7 Å². The molecule has 0 saturated heterocycles. The van der Waals surface area contributed by atoms with Gasteiger partial charge in [-0.2, -0.15) is 0 Å². The zero-order chi connectivity index (χ0) is 10.5. The summed E-state index contributed by atoms with van der Waals surface area (Å²) in [5.74, 6) is 0. The third kappa shape index (κ3) is 3.64. The monoisotopic (exact) mass is 229 g/mol. The van der Waals surface area contributed by atoms with Crippen LogP contribution in [0.4, 0.5) is 0 Å². The Balaban J connectivity index is 1.78. The Hall–Kier alpha value is 0.250. The van der Waals surface area contributed by atoms with Gasteiger partial charge in [-0.3, -0.25) is 0 Å². The Kier molecular flexibility index (Phi) is 4.77. The van der Waals surface area contributed by atoms with Crippen molar-refractivity contribution in [3.8, 4) is 0 Å². The molecule has 0 aromatic carbocycles. The van der Waals surface area contributed by atoms with Crippen molar-refractivity contribution >= 4 is 11.6 Å². The second-order valence-electron chi connectivity index (χ2n) is 5.26. The topological polar surface area (TPSA) is 12.0 Å². The highest BCUT2D eigenvalue weighted by Crippen LogP contribution is 2.25. The van der Waals surface area contributed by atoms with Gasteiger partial charge in [-0.25, -0.2) is 0 Å². The molecule has 0 aromatic rings.